The van der Waals surface area contributed by atoms with Gasteiger partial charge in [0.25, 0.3) is 0 Å². The van der Waals surface area contributed by atoms with Crippen LogP contribution in [0.25, 0.3) is 11.4 Å². The Morgan fingerprint density at radius 3 is 2.79 bits per heavy atom. The zero-order valence-electron chi connectivity index (χ0n) is 7.61. The van der Waals surface area contributed by atoms with Crippen LogP contribution in [0.4, 0.5) is 5.69 Å². The highest BCUT2D eigenvalue weighted by Crippen LogP contribution is 2.24. The van der Waals surface area contributed by atoms with E-state index in [1.165, 1.54) is 0 Å². The molecule has 4 nitrogen and oxygen atoms in total. The van der Waals surface area contributed by atoms with Crippen molar-refractivity contribution in [3.63, 3.8) is 0 Å². The quantitative estimate of drug-likeness (QED) is 0.726. The minimum Gasteiger partial charge on any atom is -0.398 e. The number of hydrogen-bond donors (Lipinski definition) is 1. The van der Waals surface area contributed by atoms with Crippen molar-refractivity contribution in [2.24, 2.45) is 7.05 Å². The van der Waals surface area contributed by atoms with Crippen LogP contribution < -0.4 is 5.73 Å². The average molecular weight is 209 g/mol. The first-order valence-corrected chi connectivity index (χ1v) is 4.45. The van der Waals surface area contributed by atoms with Crippen molar-refractivity contribution in [1.82, 2.24) is 14.8 Å². The summed E-state index contributed by atoms with van der Waals surface area (Å²) in [5.74, 6) is 0.772. The summed E-state index contributed by atoms with van der Waals surface area (Å²) in [5, 5.41) is 8.31. The molecule has 2 aromatic rings. The Bertz CT molecular complexity index is 464. The van der Waals surface area contributed by atoms with Crippen molar-refractivity contribution >= 4 is 17.3 Å². The lowest BCUT2D eigenvalue weighted by Crippen LogP contribution is -1.93. The molecule has 14 heavy (non-hydrogen) atoms. The number of benzene rings is 1. The van der Waals surface area contributed by atoms with E-state index in [4.69, 9.17) is 17.3 Å². The second-order valence-corrected chi connectivity index (χ2v) is 3.41. The molecule has 0 aliphatic heterocycles. The maximum absolute atomic E-state index is 5.81. The maximum atomic E-state index is 5.81. The molecule has 0 saturated heterocycles. The number of aryl methyl sites for hydroxylation is 1. The lowest BCUT2D eigenvalue weighted by atomic mass is 10.2. The highest BCUT2D eigenvalue weighted by molar-refractivity contribution is 6.33. The summed E-state index contributed by atoms with van der Waals surface area (Å²) in [6.07, 6.45) is 1.64. The molecule has 0 atom stereocenters. The van der Waals surface area contributed by atoms with Gasteiger partial charge in [0.1, 0.15) is 6.33 Å². The van der Waals surface area contributed by atoms with Crippen LogP contribution >= 0.6 is 11.6 Å². The van der Waals surface area contributed by atoms with Crippen molar-refractivity contribution < 1.29 is 0 Å². The van der Waals surface area contributed by atoms with Crippen molar-refractivity contribution in [3.8, 4) is 11.4 Å². The fourth-order valence-corrected chi connectivity index (χ4v) is 1.34. The van der Waals surface area contributed by atoms with Crippen molar-refractivity contribution in [2.45, 2.75) is 0 Å². The summed E-state index contributed by atoms with van der Waals surface area (Å²) in [6.45, 7) is 0. The van der Waals surface area contributed by atoms with E-state index >= 15 is 0 Å². The largest absolute Gasteiger partial charge is 0.398 e. The Hall–Kier alpha value is -1.55. The van der Waals surface area contributed by atoms with Gasteiger partial charge in [0, 0.05) is 12.6 Å². The summed E-state index contributed by atoms with van der Waals surface area (Å²) in [5.41, 5.74) is 7.14. The first-order valence-electron chi connectivity index (χ1n) is 4.08. The Kier molecular flexibility index (Phi) is 2.13. The van der Waals surface area contributed by atoms with E-state index in [1.807, 2.05) is 17.7 Å². The van der Waals surface area contributed by atoms with E-state index in [-0.39, 0.29) is 0 Å². The van der Waals surface area contributed by atoms with Gasteiger partial charge >= 0.3 is 0 Å². The van der Waals surface area contributed by atoms with Crippen molar-refractivity contribution in [1.29, 1.82) is 0 Å². The Morgan fingerprint density at radius 2 is 2.21 bits per heavy atom. The summed E-state index contributed by atoms with van der Waals surface area (Å²) in [6, 6.07) is 5.40. The molecule has 0 fully saturated rings. The molecule has 0 saturated carbocycles. The fraction of sp³-hybridized carbons (Fsp3) is 0.111. The molecular formula is C9H9ClN4. The highest BCUT2D eigenvalue weighted by Gasteiger charge is 2.05. The van der Waals surface area contributed by atoms with E-state index in [2.05, 4.69) is 10.2 Å². The van der Waals surface area contributed by atoms with Gasteiger partial charge in [0.15, 0.2) is 5.82 Å². The standard InChI is InChI=1S/C9H9ClN4/c1-14-5-12-13-9(14)6-2-3-7(10)8(11)4-6/h2-5H,11H2,1H3. The van der Waals surface area contributed by atoms with Crippen molar-refractivity contribution in [3.05, 3.63) is 29.5 Å². The predicted molar refractivity (Wildman–Crippen MR) is 55.9 cm³/mol. The Labute approximate surface area is 86.3 Å². The van der Waals surface area contributed by atoms with Crippen LogP contribution in [-0.2, 0) is 7.05 Å². The van der Waals surface area contributed by atoms with E-state index in [1.54, 1.807) is 18.5 Å². The van der Waals surface area contributed by atoms with Gasteiger partial charge in [-0.15, -0.1) is 10.2 Å². The van der Waals surface area contributed by atoms with Gasteiger partial charge in [-0.25, -0.2) is 0 Å². The van der Waals surface area contributed by atoms with Gasteiger partial charge < -0.3 is 10.3 Å². The fourth-order valence-electron chi connectivity index (χ4n) is 1.23. The number of aromatic nitrogens is 3. The summed E-state index contributed by atoms with van der Waals surface area (Å²) < 4.78 is 1.82. The number of hydrogen-bond acceptors (Lipinski definition) is 3. The minimum absolute atomic E-state index is 0.548. The molecule has 0 aliphatic rings. The minimum atomic E-state index is 0.548. The van der Waals surface area contributed by atoms with Gasteiger partial charge in [-0.1, -0.05) is 11.6 Å². The van der Waals surface area contributed by atoms with Gasteiger partial charge in [-0.2, -0.15) is 0 Å². The second kappa shape index (κ2) is 3.31. The first-order chi connectivity index (χ1) is 6.68. The number of nitrogens with zero attached hydrogens (tertiary/aromatic N) is 3. The smallest absolute Gasteiger partial charge is 0.163 e. The molecule has 0 spiro atoms. The summed E-state index contributed by atoms with van der Waals surface area (Å²) in [7, 11) is 1.88. The van der Waals surface area contributed by atoms with E-state index in [9.17, 15) is 0 Å². The van der Waals surface area contributed by atoms with Crippen LogP contribution in [-0.4, -0.2) is 14.8 Å². The van der Waals surface area contributed by atoms with Gasteiger partial charge in [-0.05, 0) is 18.2 Å². The maximum Gasteiger partial charge on any atom is 0.163 e. The van der Waals surface area contributed by atoms with E-state index in [0.717, 1.165) is 11.4 Å². The molecule has 1 heterocycles. The van der Waals surface area contributed by atoms with Gasteiger partial charge in [-0.3, -0.25) is 0 Å². The van der Waals surface area contributed by atoms with Crippen LogP contribution in [0.5, 0.6) is 0 Å². The number of nitrogens with two attached hydrogens (primary N) is 1. The number of halogens is 1. The van der Waals surface area contributed by atoms with Crippen LogP contribution in [0.15, 0.2) is 24.5 Å². The first kappa shape index (κ1) is 9.02. The zero-order chi connectivity index (χ0) is 10.1. The summed E-state index contributed by atoms with van der Waals surface area (Å²) in [4.78, 5) is 0. The van der Waals surface area contributed by atoms with Crippen molar-refractivity contribution in [2.75, 3.05) is 5.73 Å². The lowest BCUT2D eigenvalue weighted by molar-refractivity contribution is 0.920. The van der Waals surface area contributed by atoms with E-state index in [0.29, 0.717) is 10.7 Å². The number of rotatable bonds is 1. The third-order valence-electron chi connectivity index (χ3n) is 1.97. The molecular weight excluding hydrogens is 200 g/mol. The Balaban J connectivity index is 2.53. The average Bonchev–Trinajstić information content (AvgIpc) is 2.57. The lowest BCUT2D eigenvalue weighted by Gasteiger charge is -2.02. The highest BCUT2D eigenvalue weighted by atomic mass is 35.5. The normalized spacial score (nSPS) is 10.4. The van der Waals surface area contributed by atoms with E-state index < -0.39 is 0 Å². The molecule has 0 aliphatic carbocycles. The monoisotopic (exact) mass is 208 g/mol. The van der Waals surface area contributed by atoms with Crippen LogP contribution in [0.3, 0.4) is 0 Å². The third-order valence-corrected chi connectivity index (χ3v) is 2.31. The second-order valence-electron chi connectivity index (χ2n) is 3.00. The van der Waals surface area contributed by atoms with Gasteiger partial charge in [0.2, 0.25) is 0 Å². The molecule has 72 valence electrons. The SMILES string of the molecule is Cn1cnnc1-c1ccc(Cl)c(N)c1. The summed E-state index contributed by atoms with van der Waals surface area (Å²) >= 11 is 5.81. The molecule has 1 aromatic carbocycles. The zero-order valence-corrected chi connectivity index (χ0v) is 8.36. The number of nitrogen functional groups attached to an aromatic ring is 1. The van der Waals surface area contributed by atoms with Crippen LogP contribution in [0.1, 0.15) is 0 Å². The molecule has 2 rings (SSSR count). The predicted octanol–water partition coefficient (Wildman–Crippen LogP) is 1.72. The molecule has 0 amide bonds. The third kappa shape index (κ3) is 1.44. The van der Waals surface area contributed by atoms with Crippen LogP contribution in [0.2, 0.25) is 5.02 Å². The van der Waals surface area contributed by atoms with Crippen LogP contribution in [0, 0.1) is 0 Å². The molecule has 0 radical (unpaired) electrons. The molecule has 0 bridgehead atoms. The van der Waals surface area contributed by atoms with Gasteiger partial charge in [0.05, 0.1) is 10.7 Å². The topological polar surface area (TPSA) is 56.7 Å². The molecule has 5 heteroatoms. The molecule has 1 aromatic heterocycles. The Morgan fingerprint density at radius 1 is 1.43 bits per heavy atom. The molecule has 0 unspecified atom stereocenters. The molecule has 2 N–H and O–H groups in total. The number of anilines is 1.